The summed E-state index contributed by atoms with van der Waals surface area (Å²) in [5, 5.41) is 4.28. The SMILES string of the molecule is CC1NCC(c2ccccc2)OC1c1cccc(Cl)c1. The first-order valence-corrected chi connectivity index (χ1v) is 7.31. The summed E-state index contributed by atoms with van der Waals surface area (Å²) < 4.78 is 6.30. The van der Waals surface area contributed by atoms with Gasteiger partial charge in [0.25, 0.3) is 0 Å². The van der Waals surface area contributed by atoms with Crippen LogP contribution >= 0.6 is 11.6 Å². The highest BCUT2D eigenvalue weighted by Crippen LogP contribution is 2.33. The summed E-state index contributed by atoms with van der Waals surface area (Å²) in [5.74, 6) is 0. The van der Waals surface area contributed by atoms with Gasteiger partial charge in [-0.3, -0.25) is 0 Å². The van der Waals surface area contributed by atoms with Crippen molar-refractivity contribution in [2.24, 2.45) is 0 Å². The van der Waals surface area contributed by atoms with Crippen LogP contribution in [0.5, 0.6) is 0 Å². The third-order valence-electron chi connectivity index (χ3n) is 3.74. The van der Waals surface area contributed by atoms with E-state index in [4.69, 9.17) is 16.3 Å². The summed E-state index contributed by atoms with van der Waals surface area (Å²) >= 11 is 6.09. The van der Waals surface area contributed by atoms with E-state index in [0.29, 0.717) is 0 Å². The lowest BCUT2D eigenvalue weighted by molar-refractivity contribution is -0.0632. The maximum Gasteiger partial charge on any atom is 0.0984 e. The van der Waals surface area contributed by atoms with Crippen LogP contribution in [0, 0.1) is 0 Å². The lowest BCUT2D eigenvalue weighted by Gasteiger charge is -2.36. The van der Waals surface area contributed by atoms with Crippen LogP contribution < -0.4 is 5.32 Å². The maximum atomic E-state index is 6.30. The zero-order chi connectivity index (χ0) is 13.9. The lowest BCUT2D eigenvalue weighted by atomic mass is 9.99. The summed E-state index contributed by atoms with van der Waals surface area (Å²) in [5.41, 5.74) is 2.33. The molecule has 0 bridgehead atoms. The van der Waals surface area contributed by atoms with Crippen LogP contribution in [0.4, 0.5) is 0 Å². The molecule has 1 saturated heterocycles. The minimum atomic E-state index is 0.0210. The second-order valence-electron chi connectivity index (χ2n) is 5.21. The van der Waals surface area contributed by atoms with Gasteiger partial charge < -0.3 is 10.1 Å². The zero-order valence-electron chi connectivity index (χ0n) is 11.4. The largest absolute Gasteiger partial charge is 0.363 e. The predicted octanol–water partition coefficient (Wildman–Crippen LogP) is 4.13. The minimum Gasteiger partial charge on any atom is -0.363 e. The molecule has 0 saturated carbocycles. The summed E-state index contributed by atoms with van der Waals surface area (Å²) in [6.45, 7) is 2.98. The third kappa shape index (κ3) is 2.88. The molecule has 1 N–H and O–H groups in total. The van der Waals surface area contributed by atoms with Crippen molar-refractivity contribution in [1.29, 1.82) is 0 Å². The molecule has 2 aromatic rings. The number of hydrogen-bond acceptors (Lipinski definition) is 2. The predicted molar refractivity (Wildman–Crippen MR) is 81.9 cm³/mol. The summed E-state index contributed by atoms with van der Waals surface area (Å²) in [6, 6.07) is 18.5. The number of morpholine rings is 1. The molecule has 0 amide bonds. The highest BCUT2D eigenvalue weighted by molar-refractivity contribution is 6.30. The third-order valence-corrected chi connectivity index (χ3v) is 3.97. The average molecular weight is 288 g/mol. The van der Waals surface area contributed by atoms with E-state index in [2.05, 4.69) is 30.4 Å². The van der Waals surface area contributed by atoms with Gasteiger partial charge in [-0.15, -0.1) is 0 Å². The first-order chi connectivity index (χ1) is 9.74. The van der Waals surface area contributed by atoms with Crippen molar-refractivity contribution in [3.63, 3.8) is 0 Å². The Labute approximate surface area is 124 Å². The Morgan fingerprint density at radius 2 is 1.80 bits per heavy atom. The summed E-state index contributed by atoms with van der Waals surface area (Å²) in [6.07, 6.45) is 0.101. The van der Waals surface area contributed by atoms with Gasteiger partial charge in [0.15, 0.2) is 0 Å². The highest BCUT2D eigenvalue weighted by atomic mass is 35.5. The smallest absolute Gasteiger partial charge is 0.0984 e. The quantitative estimate of drug-likeness (QED) is 0.897. The molecule has 20 heavy (non-hydrogen) atoms. The van der Waals surface area contributed by atoms with E-state index in [1.165, 1.54) is 5.56 Å². The Balaban J connectivity index is 1.84. The standard InChI is InChI=1S/C17H18ClNO/c1-12-17(14-8-5-9-15(18)10-14)20-16(11-19-12)13-6-3-2-4-7-13/h2-10,12,16-17,19H,11H2,1H3. The van der Waals surface area contributed by atoms with Gasteiger partial charge >= 0.3 is 0 Å². The topological polar surface area (TPSA) is 21.3 Å². The molecule has 1 aliphatic heterocycles. The Morgan fingerprint density at radius 3 is 2.55 bits per heavy atom. The van der Waals surface area contributed by atoms with E-state index < -0.39 is 0 Å². The molecule has 3 heteroatoms. The second-order valence-corrected chi connectivity index (χ2v) is 5.64. The Hall–Kier alpha value is -1.35. The van der Waals surface area contributed by atoms with Gasteiger partial charge in [0.2, 0.25) is 0 Å². The van der Waals surface area contributed by atoms with E-state index in [1.54, 1.807) is 0 Å². The fraction of sp³-hybridized carbons (Fsp3) is 0.294. The Morgan fingerprint density at radius 1 is 1.05 bits per heavy atom. The van der Waals surface area contributed by atoms with Crippen LogP contribution in [0.3, 0.4) is 0 Å². The van der Waals surface area contributed by atoms with Crippen LogP contribution in [-0.4, -0.2) is 12.6 Å². The van der Waals surface area contributed by atoms with Crippen molar-refractivity contribution in [3.8, 4) is 0 Å². The number of halogens is 1. The summed E-state index contributed by atoms with van der Waals surface area (Å²) in [7, 11) is 0. The van der Waals surface area contributed by atoms with Gasteiger partial charge in [0.1, 0.15) is 0 Å². The molecule has 0 radical (unpaired) electrons. The molecule has 3 atom stereocenters. The molecule has 2 aromatic carbocycles. The van der Waals surface area contributed by atoms with E-state index >= 15 is 0 Å². The number of nitrogens with one attached hydrogen (secondary N) is 1. The molecule has 0 aromatic heterocycles. The number of rotatable bonds is 2. The summed E-state index contributed by atoms with van der Waals surface area (Å²) in [4.78, 5) is 0. The molecule has 3 rings (SSSR count). The van der Waals surface area contributed by atoms with E-state index in [1.807, 2.05) is 36.4 Å². The zero-order valence-corrected chi connectivity index (χ0v) is 12.2. The Kier molecular flexibility index (Phi) is 4.06. The van der Waals surface area contributed by atoms with Gasteiger partial charge in [-0.05, 0) is 30.2 Å². The van der Waals surface area contributed by atoms with Gasteiger partial charge in [-0.25, -0.2) is 0 Å². The van der Waals surface area contributed by atoms with Gasteiger partial charge in [0.05, 0.1) is 12.2 Å². The number of hydrogen-bond donors (Lipinski definition) is 1. The van der Waals surface area contributed by atoms with E-state index in [0.717, 1.165) is 17.1 Å². The molecule has 1 aliphatic rings. The van der Waals surface area contributed by atoms with Crippen LogP contribution in [0.2, 0.25) is 5.02 Å². The van der Waals surface area contributed by atoms with Gasteiger partial charge in [-0.2, -0.15) is 0 Å². The van der Waals surface area contributed by atoms with Gasteiger partial charge in [0, 0.05) is 17.6 Å². The first-order valence-electron chi connectivity index (χ1n) is 6.93. The van der Waals surface area contributed by atoms with Crippen LogP contribution in [0.1, 0.15) is 30.3 Å². The molecule has 1 heterocycles. The maximum absolute atomic E-state index is 6.30. The van der Waals surface area contributed by atoms with E-state index in [-0.39, 0.29) is 18.2 Å². The lowest BCUT2D eigenvalue weighted by Crippen LogP contribution is -2.43. The minimum absolute atomic E-state index is 0.0210. The number of ether oxygens (including phenoxy) is 1. The fourth-order valence-corrected chi connectivity index (χ4v) is 2.86. The van der Waals surface area contributed by atoms with Crippen molar-refractivity contribution >= 4 is 11.6 Å². The normalized spacial score (nSPS) is 26.4. The van der Waals surface area contributed by atoms with Crippen LogP contribution in [0.15, 0.2) is 54.6 Å². The van der Waals surface area contributed by atoms with Crippen molar-refractivity contribution in [1.82, 2.24) is 5.32 Å². The molecule has 0 spiro atoms. The monoisotopic (exact) mass is 287 g/mol. The Bertz CT molecular complexity index is 572. The molecule has 3 unspecified atom stereocenters. The molecular weight excluding hydrogens is 270 g/mol. The van der Waals surface area contributed by atoms with E-state index in [9.17, 15) is 0 Å². The molecule has 0 aliphatic carbocycles. The molecule has 1 fully saturated rings. The molecule has 2 nitrogen and oxygen atoms in total. The van der Waals surface area contributed by atoms with Crippen LogP contribution in [0.25, 0.3) is 0 Å². The van der Waals surface area contributed by atoms with Crippen molar-refractivity contribution in [3.05, 3.63) is 70.7 Å². The van der Waals surface area contributed by atoms with Gasteiger partial charge in [-0.1, -0.05) is 54.1 Å². The van der Waals surface area contributed by atoms with Crippen molar-refractivity contribution in [2.45, 2.75) is 25.2 Å². The van der Waals surface area contributed by atoms with Crippen molar-refractivity contribution < 1.29 is 4.74 Å². The average Bonchev–Trinajstić information content (AvgIpc) is 2.48. The molecular formula is C17H18ClNO. The second kappa shape index (κ2) is 5.96. The fourth-order valence-electron chi connectivity index (χ4n) is 2.66. The first kappa shape index (κ1) is 13.6. The molecule has 104 valence electrons. The highest BCUT2D eigenvalue weighted by Gasteiger charge is 2.29. The van der Waals surface area contributed by atoms with Crippen LogP contribution in [-0.2, 0) is 4.74 Å². The number of benzene rings is 2. The van der Waals surface area contributed by atoms with Crippen molar-refractivity contribution in [2.75, 3.05) is 6.54 Å².